The molecular weight excluding hydrogens is 437 g/mol. The van der Waals surface area contributed by atoms with Crippen molar-refractivity contribution >= 4 is 27.4 Å². The highest BCUT2D eigenvalue weighted by Gasteiger charge is 2.33. The summed E-state index contributed by atoms with van der Waals surface area (Å²) in [5, 5.41) is 5.15. The van der Waals surface area contributed by atoms with Gasteiger partial charge < -0.3 is 15.4 Å². The first kappa shape index (κ1) is 24.1. The van der Waals surface area contributed by atoms with E-state index in [1.165, 1.54) is 29.9 Å². The first-order chi connectivity index (χ1) is 15.2. The van der Waals surface area contributed by atoms with Crippen LogP contribution in [0.1, 0.15) is 11.3 Å². The molecule has 9 nitrogen and oxygen atoms in total. The van der Waals surface area contributed by atoms with E-state index >= 15 is 4.39 Å². The molecule has 1 aliphatic heterocycles. The van der Waals surface area contributed by atoms with E-state index in [0.29, 0.717) is 30.9 Å². The number of pyridine rings is 1. The number of anilines is 2. The van der Waals surface area contributed by atoms with Crippen LogP contribution in [-0.2, 0) is 21.3 Å². The Kier molecular flexibility index (Phi) is 7.77. The molecule has 0 unspecified atom stereocenters. The summed E-state index contributed by atoms with van der Waals surface area (Å²) in [4.78, 5) is 18.3. The van der Waals surface area contributed by atoms with Gasteiger partial charge in [-0.05, 0) is 25.1 Å². The summed E-state index contributed by atoms with van der Waals surface area (Å²) in [7, 11) is -1.84. The lowest BCUT2D eigenvalue weighted by Crippen LogP contribution is -2.56. The molecule has 11 heteroatoms. The van der Waals surface area contributed by atoms with Crippen LogP contribution >= 0.6 is 0 Å². The second kappa shape index (κ2) is 10.3. The van der Waals surface area contributed by atoms with Gasteiger partial charge in [0, 0.05) is 44.5 Å². The number of carbonyl (C=O) groups excluding carboxylic acids is 1. The smallest absolute Gasteiger partial charge is 0.323 e. The Morgan fingerprint density at radius 3 is 2.69 bits per heavy atom. The van der Waals surface area contributed by atoms with Crippen molar-refractivity contribution in [1.82, 2.24) is 14.2 Å². The van der Waals surface area contributed by atoms with Gasteiger partial charge in [-0.2, -0.15) is 4.31 Å². The molecule has 1 aromatic heterocycles. The van der Waals surface area contributed by atoms with E-state index in [1.807, 2.05) is 11.8 Å². The average Bonchev–Trinajstić information content (AvgIpc) is 2.72. The number of benzene rings is 1. The summed E-state index contributed by atoms with van der Waals surface area (Å²) in [5.41, 5.74) is 1.78. The van der Waals surface area contributed by atoms with Crippen molar-refractivity contribution in [3.8, 4) is 0 Å². The number of carbonyl (C=O) groups is 1. The Hall–Kier alpha value is -2.60. The molecule has 1 aromatic carbocycles. The lowest BCUT2D eigenvalue weighted by molar-refractivity contribution is 0.0662. The lowest BCUT2D eigenvalue weighted by Gasteiger charge is -2.39. The van der Waals surface area contributed by atoms with Gasteiger partial charge in [0.05, 0.1) is 36.5 Å². The maximum atomic E-state index is 15.1. The molecule has 0 saturated carbocycles. The minimum atomic E-state index is -3.36. The number of amides is 2. The Morgan fingerprint density at radius 1 is 1.25 bits per heavy atom. The van der Waals surface area contributed by atoms with Crippen molar-refractivity contribution in [1.29, 1.82) is 0 Å². The number of urea groups is 1. The number of piperazine rings is 1. The average molecular weight is 466 g/mol. The van der Waals surface area contributed by atoms with Crippen LogP contribution in [0.15, 0.2) is 36.5 Å². The lowest BCUT2D eigenvalue weighted by atomic mass is 10.1. The molecule has 1 aliphatic rings. The predicted molar refractivity (Wildman–Crippen MR) is 121 cm³/mol. The van der Waals surface area contributed by atoms with Crippen LogP contribution in [0, 0.1) is 12.7 Å². The van der Waals surface area contributed by atoms with Gasteiger partial charge in [0.1, 0.15) is 0 Å². The zero-order valence-electron chi connectivity index (χ0n) is 18.3. The summed E-state index contributed by atoms with van der Waals surface area (Å²) < 4.78 is 45.7. The highest BCUT2D eigenvalue weighted by atomic mass is 32.2. The number of aryl methyl sites for hydroxylation is 1. The molecule has 32 heavy (non-hydrogen) atoms. The van der Waals surface area contributed by atoms with Crippen LogP contribution < -0.4 is 10.6 Å². The summed E-state index contributed by atoms with van der Waals surface area (Å²) in [6.45, 7) is 3.55. The van der Waals surface area contributed by atoms with Crippen LogP contribution in [0.25, 0.3) is 0 Å². The quantitative estimate of drug-likeness (QED) is 0.650. The molecule has 1 saturated heterocycles. The van der Waals surface area contributed by atoms with Gasteiger partial charge in [-0.3, -0.25) is 9.88 Å². The van der Waals surface area contributed by atoms with Crippen LogP contribution in [0.3, 0.4) is 0 Å². The molecule has 1 atom stereocenters. The fourth-order valence-corrected chi connectivity index (χ4v) is 4.76. The molecule has 0 aliphatic carbocycles. The van der Waals surface area contributed by atoms with E-state index in [4.69, 9.17) is 4.74 Å². The maximum Gasteiger partial charge on any atom is 0.323 e. The van der Waals surface area contributed by atoms with Crippen molar-refractivity contribution in [2.24, 2.45) is 0 Å². The second-order valence-corrected chi connectivity index (χ2v) is 9.70. The van der Waals surface area contributed by atoms with E-state index in [1.54, 1.807) is 24.3 Å². The number of nitrogens with zero attached hydrogens (tertiary/aromatic N) is 3. The van der Waals surface area contributed by atoms with E-state index < -0.39 is 21.9 Å². The van der Waals surface area contributed by atoms with Crippen LogP contribution in [-0.4, -0.2) is 74.3 Å². The van der Waals surface area contributed by atoms with Crippen molar-refractivity contribution in [2.45, 2.75) is 19.5 Å². The van der Waals surface area contributed by atoms with Gasteiger partial charge in [0.2, 0.25) is 10.0 Å². The topological polar surface area (TPSA) is 104 Å². The minimum absolute atomic E-state index is 0.0586. The number of nitrogens with one attached hydrogen (secondary N) is 2. The van der Waals surface area contributed by atoms with Crippen molar-refractivity contribution in [2.75, 3.05) is 50.2 Å². The summed E-state index contributed by atoms with van der Waals surface area (Å²) in [6.07, 6.45) is 2.70. The third-order valence-electron chi connectivity index (χ3n) is 5.19. The molecule has 2 N–H and O–H groups in total. The normalized spacial score (nSPS) is 17.8. The maximum absolute atomic E-state index is 15.1. The van der Waals surface area contributed by atoms with Crippen molar-refractivity contribution < 1.29 is 22.3 Å². The van der Waals surface area contributed by atoms with E-state index in [9.17, 15) is 13.2 Å². The highest BCUT2D eigenvalue weighted by molar-refractivity contribution is 7.88. The van der Waals surface area contributed by atoms with Crippen molar-refractivity contribution in [3.63, 3.8) is 0 Å². The van der Waals surface area contributed by atoms with E-state index in [0.717, 1.165) is 5.69 Å². The number of aromatic nitrogens is 1. The molecule has 0 bridgehead atoms. The van der Waals surface area contributed by atoms with Gasteiger partial charge in [-0.15, -0.1) is 0 Å². The van der Waals surface area contributed by atoms with E-state index in [-0.39, 0.29) is 24.9 Å². The molecule has 3 rings (SSSR count). The molecule has 0 radical (unpaired) electrons. The monoisotopic (exact) mass is 465 g/mol. The van der Waals surface area contributed by atoms with E-state index in [2.05, 4.69) is 15.6 Å². The Balaban J connectivity index is 1.66. The zero-order valence-corrected chi connectivity index (χ0v) is 19.2. The molecule has 0 spiro atoms. The van der Waals surface area contributed by atoms with Crippen molar-refractivity contribution in [3.05, 3.63) is 53.6 Å². The number of hydrogen-bond acceptors (Lipinski definition) is 6. The molecule has 1 fully saturated rings. The summed E-state index contributed by atoms with van der Waals surface area (Å²) in [5.74, 6) is -0.529. The first-order valence-corrected chi connectivity index (χ1v) is 12.0. The first-order valence-electron chi connectivity index (χ1n) is 10.1. The van der Waals surface area contributed by atoms with Gasteiger partial charge in [-0.1, -0.05) is 12.1 Å². The number of rotatable bonds is 7. The van der Waals surface area contributed by atoms with Gasteiger partial charge >= 0.3 is 6.03 Å². The van der Waals surface area contributed by atoms with Crippen LogP contribution in [0.5, 0.6) is 0 Å². The minimum Gasteiger partial charge on any atom is -0.383 e. The number of methoxy groups -OCH3 is 1. The molecular formula is C21H28FN5O4S. The number of hydrogen-bond donors (Lipinski definition) is 2. The van der Waals surface area contributed by atoms with Gasteiger partial charge in [-0.25, -0.2) is 17.6 Å². The number of halogens is 1. The Bertz CT molecular complexity index is 1050. The molecule has 2 aromatic rings. The fraction of sp³-hybridized carbons (Fsp3) is 0.429. The van der Waals surface area contributed by atoms with Crippen LogP contribution in [0.4, 0.5) is 20.6 Å². The second-order valence-electron chi connectivity index (χ2n) is 7.76. The molecule has 174 valence electrons. The number of ether oxygens (including phenoxy) is 1. The summed E-state index contributed by atoms with van der Waals surface area (Å²) in [6, 6.07) is 7.35. The zero-order chi connectivity index (χ0) is 23.3. The predicted octanol–water partition coefficient (Wildman–Crippen LogP) is 2.27. The molecule has 2 heterocycles. The third kappa shape index (κ3) is 6.22. The Labute approximate surface area is 187 Å². The highest BCUT2D eigenvalue weighted by Crippen LogP contribution is 2.22. The number of sulfonamides is 1. The standard InChI is InChI=1S/C21H28FN5O4S/c1-15-7-8-17(11-23-15)24-21(28)25-19-6-4-5-16(20(19)22)12-26-9-10-27(32(3,29)30)18(13-26)14-31-2/h4-8,11,18H,9-10,12-14H2,1-3H3,(H2,24,25,28)/t18-/m1/s1. The van der Waals surface area contributed by atoms with Crippen LogP contribution in [0.2, 0.25) is 0 Å². The van der Waals surface area contributed by atoms with Gasteiger partial charge in [0.15, 0.2) is 5.82 Å². The summed E-state index contributed by atoms with van der Waals surface area (Å²) >= 11 is 0. The SMILES string of the molecule is COC[C@H]1CN(Cc2cccc(NC(=O)Nc3ccc(C)nc3)c2F)CCN1S(C)(=O)=O. The van der Waals surface area contributed by atoms with Gasteiger partial charge in [0.25, 0.3) is 0 Å². The third-order valence-corrected chi connectivity index (χ3v) is 6.52. The largest absolute Gasteiger partial charge is 0.383 e. The molecule has 2 amide bonds. The fourth-order valence-electron chi connectivity index (χ4n) is 3.68. The Morgan fingerprint density at radius 2 is 2.03 bits per heavy atom.